The molecule has 0 radical (unpaired) electrons. The molecule has 4 rings (SSSR count). The number of hydrogen-bond acceptors (Lipinski definition) is 5. The highest BCUT2D eigenvalue weighted by atomic mass is 32.2. The summed E-state index contributed by atoms with van der Waals surface area (Å²) < 4.78 is 14.7. The quantitative estimate of drug-likeness (QED) is 0.695. The molecular weight excluding hydrogens is 405 g/mol. The first kappa shape index (κ1) is 20.1. The van der Waals surface area contributed by atoms with Gasteiger partial charge in [-0.3, -0.25) is 9.59 Å². The summed E-state index contributed by atoms with van der Waals surface area (Å²) in [7, 11) is 0. The Labute approximate surface area is 177 Å². The fourth-order valence-electron chi connectivity index (χ4n) is 3.21. The van der Waals surface area contributed by atoms with Gasteiger partial charge in [0, 0.05) is 11.4 Å². The minimum Gasteiger partial charge on any atom is -0.324 e. The summed E-state index contributed by atoms with van der Waals surface area (Å²) in [5.41, 5.74) is 3.09. The van der Waals surface area contributed by atoms with E-state index in [-0.39, 0.29) is 23.3 Å². The van der Waals surface area contributed by atoms with Crippen molar-refractivity contribution in [3.05, 3.63) is 71.3 Å². The van der Waals surface area contributed by atoms with Gasteiger partial charge in [-0.25, -0.2) is 9.07 Å². The van der Waals surface area contributed by atoms with Crippen molar-refractivity contribution < 1.29 is 14.0 Å². The maximum Gasteiger partial charge on any atom is 0.277 e. The van der Waals surface area contributed by atoms with Gasteiger partial charge in [-0.15, -0.1) is 16.9 Å². The van der Waals surface area contributed by atoms with E-state index in [0.717, 1.165) is 5.56 Å². The molecule has 7 nitrogen and oxygen atoms in total. The van der Waals surface area contributed by atoms with E-state index in [9.17, 15) is 14.0 Å². The molecule has 1 aromatic heterocycles. The number of anilines is 1. The SMILES string of the molecule is Cc1ccc(NC(=O)C2CSCN2C(=O)c2nnn(-c3ccc(F)cc3)c2C)cc1. The topological polar surface area (TPSA) is 80.1 Å². The number of nitrogens with zero attached hydrogens (tertiary/aromatic N) is 4. The number of carbonyl (C=O) groups is 2. The highest BCUT2D eigenvalue weighted by Gasteiger charge is 2.37. The number of hydrogen-bond donors (Lipinski definition) is 1. The monoisotopic (exact) mass is 425 g/mol. The molecule has 1 fully saturated rings. The third-order valence-corrected chi connectivity index (χ3v) is 5.95. The fraction of sp³-hybridized carbons (Fsp3) is 0.238. The number of benzene rings is 2. The minimum atomic E-state index is -0.598. The first-order valence-electron chi connectivity index (χ1n) is 9.38. The normalized spacial score (nSPS) is 16.0. The Kier molecular flexibility index (Phi) is 5.54. The Hall–Kier alpha value is -3.20. The first-order chi connectivity index (χ1) is 14.4. The summed E-state index contributed by atoms with van der Waals surface area (Å²) in [4.78, 5) is 27.4. The van der Waals surface area contributed by atoms with E-state index in [1.807, 2.05) is 31.2 Å². The number of aromatic nitrogens is 3. The van der Waals surface area contributed by atoms with Gasteiger partial charge in [-0.2, -0.15) is 0 Å². The van der Waals surface area contributed by atoms with E-state index in [2.05, 4.69) is 15.6 Å². The van der Waals surface area contributed by atoms with Crippen LogP contribution in [0.3, 0.4) is 0 Å². The number of halogens is 1. The molecule has 0 aliphatic carbocycles. The van der Waals surface area contributed by atoms with Crippen LogP contribution in [-0.2, 0) is 4.79 Å². The summed E-state index contributed by atoms with van der Waals surface area (Å²) in [6, 6.07) is 12.7. The Morgan fingerprint density at radius 1 is 1.10 bits per heavy atom. The van der Waals surface area contributed by atoms with Gasteiger partial charge < -0.3 is 10.2 Å². The standard InChI is InChI=1S/C21H20FN5O2S/c1-13-3-7-16(8-4-13)23-20(28)18-11-30-12-26(18)21(29)19-14(2)27(25-24-19)17-9-5-15(22)6-10-17/h3-10,18H,11-12H2,1-2H3,(H,23,28). The molecule has 1 N–H and O–H groups in total. The smallest absolute Gasteiger partial charge is 0.277 e. The van der Waals surface area contributed by atoms with E-state index >= 15 is 0 Å². The Morgan fingerprint density at radius 3 is 2.50 bits per heavy atom. The summed E-state index contributed by atoms with van der Waals surface area (Å²) >= 11 is 1.51. The predicted molar refractivity (Wildman–Crippen MR) is 113 cm³/mol. The van der Waals surface area contributed by atoms with Crippen LogP contribution in [0.25, 0.3) is 5.69 Å². The van der Waals surface area contributed by atoms with E-state index in [0.29, 0.717) is 28.7 Å². The zero-order valence-corrected chi connectivity index (χ0v) is 17.3. The zero-order valence-electron chi connectivity index (χ0n) is 16.5. The lowest BCUT2D eigenvalue weighted by atomic mass is 10.2. The summed E-state index contributed by atoms with van der Waals surface area (Å²) in [6.45, 7) is 3.70. The number of nitrogens with one attached hydrogen (secondary N) is 1. The van der Waals surface area contributed by atoms with E-state index < -0.39 is 6.04 Å². The minimum absolute atomic E-state index is 0.176. The second-order valence-electron chi connectivity index (χ2n) is 7.06. The Balaban J connectivity index is 1.53. The molecule has 1 atom stereocenters. The number of amides is 2. The van der Waals surface area contributed by atoms with Crippen LogP contribution in [0.15, 0.2) is 48.5 Å². The van der Waals surface area contributed by atoms with Gasteiger partial charge in [0.15, 0.2) is 5.69 Å². The zero-order chi connectivity index (χ0) is 21.3. The van der Waals surface area contributed by atoms with Crippen molar-refractivity contribution >= 4 is 29.3 Å². The van der Waals surface area contributed by atoms with Crippen LogP contribution in [0.1, 0.15) is 21.7 Å². The van der Waals surface area contributed by atoms with Crippen molar-refractivity contribution in [1.29, 1.82) is 0 Å². The summed E-state index contributed by atoms with van der Waals surface area (Å²) in [6.07, 6.45) is 0. The van der Waals surface area contributed by atoms with Gasteiger partial charge in [-0.05, 0) is 50.2 Å². The average molecular weight is 425 g/mol. The second kappa shape index (κ2) is 8.27. The Bertz CT molecular complexity index is 1080. The van der Waals surface area contributed by atoms with Gasteiger partial charge >= 0.3 is 0 Å². The molecule has 3 aromatic rings. The van der Waals surface area contributed by atoms with Crippen LogP contribution < -0.4 is 5.32 Å². The molecule has 1 aliphatic rings. The van der Waals surface area contributed by atoms with Crippen LogP contribution in [0, 0.1) is 19.7 Å². The number of thioether (sulfide) groups is 1. The second-order valence-corrected chi connectivity index (χ2v) is 8.06. The molecule has 9 heteroatoms. The highest BCUT2D eigenvalue weighted by Crippen LogP contribution is 2.25. The van der Waals surface area contributed by atoms with Gasteiger partial charge in [0.05, 0.1) is 17.3 Å². The van der Waals surface area contributed by atoms with Crippen molar-refractivity contribution in [1.82, 2.24) is 19.9 Å². The van der Waals surface area contributed by atoms with E-state index in [1.165, 1.54) is 33.5 Å². The van der Waals surface area contributed by atoms with Gasteiger partial charge in [0.1, 0.15) is 11.9 Å². The van der Waals surface area contributed by atoms with Gasteiger partial charge in [-0.1, -0.05) is 22.9 Å². The molecule has 1 unspecified atom stereocenters. The number of rotatable bonds is 4. The third kappa shape index (κ3) is 3.93. The molecule has 0 saturated carbocycles. The van der Waals surface area contributed by atoms with Crippen molar-refractivity contribution in [2.45, 2.75) is 19.9 Å². The summed E-state index contributed by atoms with van der Waals surface area (Å²) in [5.74, 6) is -0.0394. The number of aryl methyl sites for hydroxylation is 1. The fourth-order valence-corrected chi connectivity index (χ4v) is 4.37. The van der Waals surface area contributed by atoms with Gasteiger partial charge in [0.25, 0.3) is 5.91 Å². The van der Waals surface area contributed by atoms with Gasteiger partial charge in [0.2, 0.25) is 5.91 Å². The van der Waals surface area contributed by atoms with Crippen LogP contribution >= 0.6 is 11.8 Å². The molecule has 2 amide bonds. The summed E-state index contributed by atoms with van der Waals surface area (Å²) in [5, 5.41) is 11.0. The molecule has 30 heavy (non-hydrogen) atoms. The molecule has 1 aliphatic heterocycles. The van der Waals surface area contributed by atoms with Crippen molar-refractivity contribution in [2.75, 3.05) is 16.9 Å². The lowest BCUT2D eigenvalue weighted by molar-refractivity contribution is -0.119. The van der Waals surface area contributed by atoms with E-state index in [1.54, 1.807) is 19.1 Å². The lowest BCUT2D eigenvalue weighted by Gasteiger charge is -2.22. The molecule has 1 saturated heterocycles. The van der Waals surface area contributed by atoms with Crippen LogP contribution in [-0.4, -0.2) is 49.4 Å². The molecule has 0 spiro atoms. The van der Waals surface area contributed by atoms with Crippen molar-refractivity contribution in [3.63, 3.8) is 0 Å². The van der Waals surface area contributed by atoms with Crippen LogP contribution in [0.2, 0.25) is 0 Å². The molecule has 0 bridgehead atoms. The predicted octanol–water partition coefficient (Wildman–Crippen LogP) is 3.18. The lowest BCUT2D eigenvalue weighted by Crippen LogP contribution is -2.44. The average Bonchev–Trinajstić information content (AvgIpc) is 3.37. The Morgan fingerprint density at radius 2 is 1.80 bits per heavy atom. The van der Waals surface area contributed by atoms with Crippen molar-refractivity contribution in [3.8, 4) is 5.69 Å². The van der Waals surface area contributed by atoms with E-state index in [4.69, 9.17) is 0 Å². The molecule has 2 heterocycles. The number of carbonyl (C=O) groups excluding carboxylic acids is 2. The molecule has 2 aromatic carbocycles. The third-order valence-electron chi connectivity index (χ3n) is 4.93. The van der Waals surface area contributed by atoms with Crippen molar-refractivity contribution in [2.24, 2.45) is 0 Å². The first-order valence-corrected chi connectivity index (χ1v) is 10.5. The maximum atomic E-state index is 13.2. The van der Waals surface area contributed by atoms with Crippen LogP contribution in [0.4, 0.5) is 10.1 Å². The molecular formula is C21H20FN5O2S. The maximum absolute atomic E-state index is 13.2. The largest absolute Gasteiger partial charge is 0.324 e. The van der Waals surface area contributed by atoms with Crippen LogP contribution in [0.5, 0.6) is 0 Å². The molecule has 154 valence electrons. The highest BCUT2D eigenvalue weighted by molar-refractivity contribution is 7.99.